The van der Waals surface area contributed by atoms with Crippen molar-refractivity contribution in [3.05, 3.63) is 60.2 Å². The molecule has 0 aliphatic carbocycles. The molecular formula is C21H27NO5S. The van der Waals surface area contributed by atoms with E-state index in [0.717, 1.165) is 12.0 Å². The van der Waals surface area contributed by atoms with Crippen LogP contribution in [-0.2, 0) is 21.5 Å². The van der Waals surface area contributed by atoms with E-state index < -0.39 is 10.1 Å². The molecule has 6 nitrogen and oxygen atoms in total. The van der Waals surface area contributed by atoms with Crippen molar-refractivity contribution < 1.29 is 22.1 Å². The maximum absolute atomic E-state index is 12.8. The number of hydrogen-bond donors (Lipinski definition) is 0. The lowest BCUT2D eigenvalue weighted by Gasteiger charge is -2.29. The molecule has 0 aliphatic rings. The molecule has 1 amide bonds. The number of para-hydroxylation sites is 1. The Balaban J connectivity index is 2.10. The summed E-state index contributed by atoms with van der Waals surface area (Å²) < 4.78 is 34.0. The first kappa shape index (κ1) is 21.8. The minimum absolute atomic E-state index is 0.0100. The van der Waals surface area contributed by atoms with Gasteiger partial charge in [-0.15, -0.1) is 0 Å². The molecule has 0 heterocycles. The highest BCUT2D eigenvalue weighted by atomic mass is 32.2. The van der Waals surface area contributed by atoms with Gasteiger partial charge in [-0.3, -0.25) is 4.79 Å². The Bertz CT molecular complexity index is 867. The second-order valence-electron chi connectivity index (χ2n) is 6.46. The third-order valence-corrected chi connectivity index (χ3v) is 5.53. The van der Waals surface area contributed by atoms with Crippen LogP contribution in [0.3, 0.4) is 0 Å². The summed E-state index contributed by atoms with van der Waals surface area (Å²) in [5.74, 6) is 0.646. The van der Waals surface area contributed by atoms with Crippen LogP contribution in [0.25, 0.3) is 0 Å². The summed E-state index contributed by atoms with van der Waals surface area (Å²) in [5.41, 5.74) is 0.789. The molecule has 0 N–H and O–H groups in total. The first-order valence-corrected chi connectivity index (χ1v) is 10.9. The molecule has 0 fully saturated rings. The molecule has 0 spiro atoms. The number of amides is 1. The van der Waals surface area contributed by atoms with Crippen molar-refractivity contribution in [1.82, 2.24) is 4.90 Å². The molecule has 152 valence electrons. The van der Waals surface area contributed by atoms with Crippen molar-refractivity contribution in [3.63, 3.8) is 0 Å². The third kappa shape index (κ3) is 6.56. The van der Waals surface area contributed by atoms with Gasteiger partial charge in [-0.1, -0.05) is 37.3 Å². The zero-order chi connectivity index (χ0) is 20.6. The van der Waals surface area contributed by atoms with E-state index >= 15 is 0 Å². The summed E-state index contributed by atoms with van der Waals surface area (Å²) in [7, 11) is -3.59. The Morgan fingerprint density at radius 1 is 1.04 bits per heavy atom. The van der Waals surface area contributed by atoms with Gasteiger partial charge >= 0.3 is 10.1 Å². The molecule has 0 bridgehead atoms. The number of carbonyl (C=O) groups is 1. The monoisotopic (exact) mass is 405 g/mol. The zero-order valence-electron chi connectivity index (χ0n) is 16.5. The van der Waals surface area contributed by atoms with Gasteiger partial charge in [-0.2, -0.15) is 8.42 Å². The van der Waals surface area contributed by atoms with E-state index in [9.17, 15) is 13.2 Å². The van der Waals surface area contributed by atoms with Gasteiger partial charge in [0.15, 0.2) is 6.61 Å². The van der Waals surface area contributed by atoms with E-state index in [1.807, 2.05) is 38.1 Å². The van der Waals surface area contributed by atoms with Gasteiger partial charge < -0.3 is 13.8 Å². The SMILES string of the molecule is CC[C@@H](C)N(Cc1cccc(OS(=O)(=O)CC)c1)C(=O)COc1ccccc1. The standard InChI is InChI=1S/C21H27NO5S/c1-4-17(3)22(21(23)16-26-19-11-7-6-8-12-19)15-18-10-9-13-20(14-18)27-28(24,25)5-2/h6-14,17H,4-5,15-16H2,1-3H3/t17-/m1/s1. The van der Waals surface area contributed by atoms with Crippen molar-refractivity contribution in [2.45, 2.75) is 39.8 Å². The van der Waals surface area contributed by atoms with Crippen molar-refractivity contribution in [2.75, 3.05) is 12.4 Å². The average molecular weight is 406 g/mol. The smallest absolute Gasteiger partial charge is 0.308 e. The van der Waals surface area contributed by atoms with E-state index in [4.69, 9.17) is 8.92 Å². The zero-order valence-corrected chi connectivity index (χ0v) is 17.3. The van der Waals surface area contributed by atoms with Crippen molar-refractivity contribution >= 4 is 16.0 Å². The highest BCUT2D eigenvalue weighted by Crippen LogP contribution is 2.19. The van der Waals surface area contributed by atoms with Crippen LogP contribution in [0.5, 0.6) is 11.5 Å². The lowest BCUT2D eigenvalue weighted by atomic mass is 10.1. The van der Waals surface area contributed by atoms with Gasteiger partial charge in [0.1, 0.15) is 11.5 Å². The van der Waals surface area contributed by atoms with Crippen LogP contribution in [0.1, 0.15) is 32.8 Å². The van der Waals surface area contributed by atoms with Crippen molar-refractivity contribution in [1.29, 1.82) is 0 Å². The number of nitrogens with zero attached hydrogens (tertiary/aromatic N) is 1. The Hall–Kier alpha value is -2.54. The third-order valence-electron chi connectivity index (χ3n) is 4.38. The highest BCUT2D eigenvalue weighted by molar-refractivity contribution is 7.87. The Labute approximate surface area is 167 Å². The van der Waals surface area contributed by atoms with Crippen LogP contribution in [0.4, 0.5) is 0 Å². The van der Waals surface area contributed by atoms with Crippen molar-refractivity contribution in [3.8, 4) is 11.5 Å². The summed E-state index contributed by atoms with van der Waals surface area (Å²) >= 11 is 0. The molecular weight excluding hydrogens is 378 g/mol. The van der Waals surface area contributed by atoms with Crippen molar-refractivity contribution in [2.24, 2.45) is 0 Å². The summed E-state index contributed by atoms with van der Waals surface area (Å²) in [6, 6.07) is 16.0. The first-order valence-electron chi connectivity index (χ1n) is 9.33. The van der Waals surface area contributed by atoms with Crippen LogP contribution in [0.2, 0.25) is 0 Å². The number of hydrogen-bond acceptors (Lipinski definition) is 5. The molecule has 7 heteroatoms. The Morgan fingerprint density at radius 3 is 2.36 bits per heavy atom. The highest BCUT2D eigenvalue weighted by Gasteiger charge is 2.20. The molecule has 2 aromatic rings. The van der Waals surface area contributed by atoms with Gasteiger partial charge in [0.05, 0.1) is 5.75 Å². The van der Waals surface area contributed by atoms with E-state index in [1.165, 1.54) is 6.92 Å². The summed E-state index contributed by atoms with van der Waals surface area (Å²) in [4.78, 5) is 14.5. The number of ether oxygens (including phenoxy) is 1. The Morgan fingerprint density at radius 2 is 1.71 bits per heavy atom. The quantitative estimate of drug-likeness (QED) is 0.565. The fourth-order valence-corrected chi connectivity index (χ4v) is 3.07. The van der Waals surface area contributed by atoms with Gasteiger partial charge in [-0.05, 0) is 50.1 Å². The molecule has 0 aliphatic heterocycles. The minimum Gasteiger partial charge on any atom is -0.484 e. The lowest BCUT2D eigenvalue weighted by molar-refractivity contribution is -0.136. The number of rotatable bonds is 10. The van der Waals surface area contributed by atoms with Gasteiger partial charge in [0, 0.05) is 12.6 Å². The second-order valence-corrected chi connectivity index (χ2v) is 8.32. The normalized spacial score (nSPS) is 12.2. The maximum atomic E-state index is 12.8. The molecule has 0 saturated carbocycles. The Kier molecular flexibility index (Phi) is 7.87. The van der Waals surface area contributed by atoms with E-state index in [1.54, 1.807) is 35.2 Å². The van der Waals surface area contributed by atoms with Crippen LogP contribution >= 0.6 is 0 Å². The van der Waals surface area contributed by atoms with Crippen LogP contribution in [0.15, 0.2) is 54.6 Å². The minimum atomic E-state index is -3.59. The average Bonchev–Trinajstić information content (AvgIpc) is 2.70. The maximum Gasteiger partial charge on any atom is 0.308 e. The fourth-order valence-electron chi connectivity index (χ4n) is 2.55. The van der Waals surface area contributed by atoms with E-state index in [2.05, 4.69) is 0 Å². The molecule has 0 aromatic heterocycles. The van der Waals surface area contributed by atoms with Gasteiger partial charge in [0.25, 0.3) is 5.91 Å². The second kappa shape index (κ2) is 10.1. The molecule has 1 atom stereocenters. The number of benzene rings is 2. The molecule has 0 saturated heterocycles. The predicted octanol–water partition coefficient (Wildman–Crippen LogP) is 3.62. The largest absolute Gasteiger partial charge is 0.484 e. The van der Waals surface area contributed by atoms with E-state index in [-0.39, 0.29) is 30.1 Å². The molecule has 28 heavy (non-hydrogen) atoms. The van der Waals surface area contributed by atoms with Crippen LogP contribution < -0.4 is 8.92 Å². The lowest BCUT2D eigenvalue weighted by Crippen LogP contribution is -2.40. The van der Waals surface area contributed by atoms with Crippen LogP contribution in [-0.4, -0.2) is 37.6 Å². The predicted molar refractivity (Wildman–Crippen MR) is 109 cm³/mol. The van der Waals surface area contributed by atoms with Gasteiger partial charge in [0.2, 0.25) is 0 Å². The summed E-state index contributed by atoms with van der Waals surface area (Å²) in [5, 5.41) is 0. The molecule has 2 aromatic carbocycles. The summed E-state index contributed by atoms with van der Waals surface area (Å²) in [6.07, 6.45) is 0.789. The molecule has 0 unspecified atom stereocenters. The van der Waals surface area contributed by atoms with Crippen LogP contribution in [0, 0.1) is 0 Å². The summed E-state index contributed by atoms with van der Waals surface area (Å²) in [6.45, 7) is 5.79. The molecule has 0 radical (unpaired) electrons. The van der Waals surface area contributed by atoms with E-state index in [0.29, 0.717) is 12.3 Å². The fraction of sp³-hybridized carbons (Fsp3) is 0.381. The first-order chi connectivity index (χ1) is 13.3. The topological polar surface area (TPSA) is 72.9 Å². The van der Waals surface area contributed by atoms with Gasteiger partial charge in [-0.25, -0.2) is 0 Å². The molecule has 2 rings (SSSR count). The number of carbonyl (C=O) groups excluding carboxylic acids is 1.